The zero-order valence-corrected chi connectivity index (χ0v) is 10.9. The summed E-state index contributed by atoms with van der Waals surface area (Å²) in [5, 5.41) is 0.755. The molecule has 0 aromatic heterocycles. The van der Waals surface area contributed by atoms with E-state index in [1.165, 1.54) is 17.5 Å². The number of aryl methyl sites for hydroxylation is 1. The van der Waals surface area contributed by atoms with Gasteiger partial charge in [-0.05, 0) is 48.8 Å². The molecule has 0 amide bonds. The molecule has 1 aromatic rings. The van der Waals surface area contributed by atoms with Crippen LogP contribution in [0, 0.1) is 0 Å². The van der Waals surface area contributed by atoms with Crippen molar-refractivity contribution in [1.29, 1.82) is 0 Å². The van der Waals surface area contributed by atoms with Gasteiger partial charge in [-0.3, -0.25) is 0 Å². The first kappa shape index (κ1) is 11.6. The molecule has 0 saturated carbocycles. The minimum absolute atomic E-state index is 0.755. The van der Waals surface area contributed by atoms with Gasteiger partial charge in [-0.2, -0.15) is 11.8 Å². The minimum atomic E-state index is 0.755. The van der Waals surface area contributed by atoms with E-state index in [0.29, 0.717) is 0 Å². The normalized spacial score (nSPS) is 19.1. The number of methoxy groups -OCH3 is 2. The molecule has 1 aliphatic rings. The van der Waals surface area contributed by atoms with Crippen molar-refractivity contribution in [2.75, 3.05) is 20.5 Å². The predicted molar refractivity (Wildman–Crippen MR) is 68.9 cm³/mol. The SMILES string of the molecule is COc1cc2c(cc1OC)C[C@@H](SC)CC2. The van der Waals surface area contributed by atoms with Crippen molar-refractivity contribution in [2.24, 2.45) is 0 Å². The van der Waals surface area contributed by atoms with Crippen molar-refractivity contribution >= 4 is 11.8 Å². The molecule has 16 heavy (non-hydrogen) atoms. The first-order valence-electron chi connectivity index (χ1n) is 5.55. The Morgan fingerprint density at radius 3 is 2.31 bits per heavy atom. The Kier molecular flexibility index (Phi) is 3.64. The van der Waals surface area contributed by atoms with Crippen molar-refractivity contribution < 1.29 is 9.47 Å². The second kappa shape index (κ2) is 5.00. The van der Waals surface area contributed by atoms with Crippen LogP contribution in [-0.4, -0.2) is 25.7 Å². The highest BCUT2D eigenvalue weighted by atomic mass is 32.2. The molecule has 0 bridgehead atoms. The van der Waals surface area contributed by atoms with Crippen LogP contribution in [0.1, 0.15) is 17.5 Å². The lowest BCUT2D eigenvalue weighted by Gasteiger charge is -2.24. The highest BCUT2D eigenvalue weighted by Crippen LogP contribution is 2.36. The summed E-state index contributed by atoms with van der Waals surface area (Å²) in [4.78, 5) is 0. The quantitative estimate of drug-likeness (QED) is 0.806. The van der Waals surface area contributed by atoms with Crippen molar-refractivity contribution in [3.63, 3.8) is 0 Å². The Labute approximate surface area is 101 Å². The summed E-state index contributed by atoms with van der Waals surface area (Å²) < 4.78 is 10.7. The smallest absolute Gasteiger partial charge is 0.161 e. The van der Waals surface area contributed by atoms with Crippen molar-refractivity contribution in [2.45, 2.75) is 24.5 Å². The number of rotatable bonds is 3. The average Bonchev–Trinajstić information content (AvgIpc) is 2.36. The molecule has 0 aliphatic heterocycles. The summed E-state index contributed by atoms with van der Waals surface area (Å²) in [6.07, 6.45) is 5.76. The second-order valence-corrected chi connectivity index (χ2v) is 5.21. The monoisotopic (exact) mass is 238 g/mol. The lowest BCUT2D eigenvalue weighted by Crippen LogP contribution is -2.16. The lowest BCUT2D eigenvalue weighted by molar-refractivity contribution is 0.353. The fourth-order valence-corrected chi connectivity index (χ4v) is 2.95. The molecule has 2 rings (SSSR count). The number of benzene rings is 1. The fraction of sp³-hybridized carbons (Fsp3) is 0.538. The Morgan fingerprint density at radius 1 is 1.12 bits per heavy atom. The maximum absolute atomic E-state index is 5.34. The third-order valence-electron chi connectivity index (χ3n) is 3.22. The first-order valence-corrected chi connectivity index (χ1v) is 6.83. The molecule has 3 heteroatoms. The van der Waals surface area contributed by atoms with Crippen molar-refractivity contribution in [3.05, 3.63) is 23.3 Å². The molecule has 0 saturated heterocycles. The van der Waals surface area contributed by atoms with Crippen LogP contribution in [0.25, 0.3) is 0 Å². The maximum Gasteiger partial charge on any atom is 0.161 e. The highest BCUT2D eigenvalue weighted by Gasteiger charge is 2.20. The second-order valence-electron chi connectivity index (χ2n) is 4.08. The maximum atomic E-state index is 5.34. The molecule has 0 fully saturated rings. The molecule has 1 atom stereocenters. The summed E-state index contributed by atoms with van der Waals surface area (Å²) in [7, 11) is 3.39. The Hall–Kier alpha value is -0.830. The molecule has 0 radical (unpaired) electrons. The zero-order valence-electron chi connectivity index (χ0n) is 10.1. The number of fused-ring (bicyclic) bond motifs is 1. The van der Waals surface area contributed by atoms with Crippen LogP contribution in [0.2, 0.25) is 0 Å². The van der Waals surface area contributed by atoms with Crippen molar-refractivity contribution in [1.82, 2.24) is 0 Å². The van der Waals surface area contributed by atoms with Crippen LogP contribution in [0.5, 0.6) is 11.5 Å². The summed E-state index contributed by atoms with van der Waals surface area (Å²) in [5.41, 5.74) is 2.84. The highest BCUT2D eigenvalue weighted by molar-refractivity contribution is 7.99. The fourth-order valence-electron chi connectivity index (χ4n) is 2.25. The lowest BCUT2D eigenvalue weighted by atomic mass is 9.91. The van der Waals surface area contributed by atoms with E-state index in [1.807, 2.05) is 11.8 Å². The van der Waals surface area contributed by atoms with Gasteiger partial charge in [0.15, 0.2) is 11.5 Å². The van der Waals surface area contributed by atoms with Gasteiger partial charge in [-0.1, -0.05) is 0 Å². The van der Waals surface area contributed by atoms with Gasteiger partial charge in [0.2, 0.25) is 0 Å². The van der Waals surface area contributed by atoms with Crippen LogP contribution >= 0.6 is 11.8 Å². The molecule has 0 unspecified atom stereocenters. The topological polar surface area (TPSA) is 18.5 Å². The zero-order chi connectivity index (χ0) is 11.5. The number of thioether (sulfide) groups is 1. The van der Waals surface area contributed by atoms with Crippen LogP contribution < -0.4 is 9.47 Å². The van der Waals surface area contributed by atoms with Gasteiger partial charge in [0, 0.05) is 5.25 Å². The van der Waals surface area contributed by atoms with E-state index in [-0.39, 0.29) is 0 Å². The summed E-state index contributed by atoms with van der Waals surface area (Å²) in [6, 6.07) is 4.27. The van der Waals surface area contributed by atoms with E-state index < -0.39 is 0 Å². The van der Waals surface area contributed by atoms with E-state index in [9.17, 15) is 0 Å². The van der Waals surface area contributed by atoms with Gasteiger partial charge in [-0.15, -0.1) is 0 Å². The Bertz CT molecular complexity index is 376. The Morgan fingerprint density at radius 2 is 1.75 bits per heavy atom. The summed E-state index contributed by atoms with van der Waals surface area (Å²) in [5.74, 6) is 1.70. The van der Waals surface area contributed by atoms with E-state index in [4.69, 9.17) is 9.47 Å². The van der Waals surface area contributed by atoms with Gasteiger partial charge < -0.3 is 9.47 Å². The van der Waals surface area contributed by atoms with E-state index in [0.717, 1.165) is 29.6 Å². The summed E-state index contributed by atoms with van der Waals surface area (Å²) >= 11 is 1.96. The Balaban J connectivity index is 2.34. The van der Waals surface area contributed by atoms with Gasteiger partial charge in [-0.25, -0.2) is 0 Å². The molecule has 88 valence electrons. The first-order chi connectivity index (χ1) is 7.78. The van der Waals surface area contributed by atoms with Gasteiger partial charge in [0.05, 0.1) is 14.2 Å². The third-order valence-corrected chi connectivity index (χ3v) is 4.29. The van der Waals surface area contributed by atoms with E-state index in [2.05, 4.69) is 18.4 Å². The van der Waals surface area contributed by atoms with E-state index in [1.54, 1.807) is 14.2 Å². The summed E-state index contributed by atoms with van der Waals surface area (Å²) in [6.45, 7) is 0. The minimum Gasteiger partial charge on any atom is -0.493 e. The molecule has 0 spiro atoms. The molecule has 0 N–H and O–H groups in total. The number of ether oxygens (including phenoxy) is 2. The average molecular weight is 238 g/mol. The molecular formula is C13H18O2S. The predicted octanol–water partition coefficient (Wildman–Crippen LogP) is 2.92. The number of hydrogen-bond donors (Lipinski definition) is 0. The molecule has 2 nitrogen and oxygen atoms in total. The van der Waals surface area contributed by atoms with Gasteiger partial charge >= 0.3 is 0 Å². The molecule has 1 aliphatic carbocycles. The van der Waals surface area contributed by atoms with E-state index >= 15 is 0 Å². The standard InChI is InChI=1S/C13H18O2S/c1-14-12-7-9-4-5-11(16-3)6-10(9)8-13(12)15-2/h7-8,11H,4-6H2,1-3H3/t11-/m0/s1. The van der Waals surface area contributed by atoms with Crippen LogP contribution in [0.3, 0.4) is 0 Å². The molecular weight excluding hydrogens is 220 g/mol. The van der Waals surface area contributed by atoms with Crippen LogP contribution in [0.4, 0.5) is 0 Å². The van der Waals surface area contributed by atoms with Crippen LogP contribution in [0.15, 0.2) is 12.1 Å². The van der Waals surface area contributed by atoms with Crippen molar-refractivity contribution in [3.8, 4) is 11.5 Å². The van der Waals surface area contributed by atoms with Crippen LogP contribution in [-0.2, 0) is 12.8 Å². The molecule has 1 aromatic carbocycles. The number of hydrogen-bond acceptors (Lipinski definition) is 3. The van der Waals surface area contributed by atoms with Gasteiger partial charge in [0.1, 0.15) is 0 Å². The largest absolute Gasteiger partial charge is 0.493 e. The molecule has 0 heterocycles. The third kappa shape index (κ3) is 2.14. The van der Waals surface area contributed by atoms with Gasteiger partial charge in [0.25, 0.3) is 0 Å².